The minimum atomic E-state index is -6.30. The van der Waals surface area contributed by atoms with E-state index in [2.05, 4.69) is 15.5 Å². The molecule has 0 radical (unpaired) electrons. The molecule has 0 bridgehead atoms. The number of benzene rings is 1. The Labute approximate surface area is 209 Å². The molecule has 1 unspecified atom stereocenters. The lowest BCUT2D eigenvalue weighted by atomic mass is 9.84. The predicted molar refractivity (Wildman–Crippen MR) is 114 cm³/mol. The summed E-state index contributed by atoms with van der Waals surface area (Å²) in [7, 11) is 0.812. The van der Waals surface area contributed by atoms with Gasteiger partial charge in [0.15, 0.2) is 17.3 Å². The van der Waals surface area contributed by atoms with Crippen LogP contribution in [0.5, 0.6) is 0 Å². The SMILES string of the molecule is CCC(=O)C1OC2(CNC2)c2cc(-c3cnn(-c4c(C(F)(F)F)c(C(F)(F)C(F)(F)F)nn4C)c3)ccc21. The standard InChI is InChI=1S/C23H19F8N5O2/c1-3-15(37)17-13-5-4-11(6-14(13)20(38-17)9-32-10-20)12-7-33-36(8-12)19-16(22(26,27)28)18(34-35(19)2)21(24,25)23(29,30)31/h4-8,17,32H,3,9-10H2,1-2H3. The van der Waals surface area contributed by atoms with Crippen molar-refractivity contribution in [3.05, 3.63) is 53.0 Å². The van der Waals surface area contributed by atoms with Gasteiger partial charge in [0.1, 0.15) is 17.3 Å². The molecule has 3 aromatic rings. The maximum Gasteiger partial charge on any atom is 0.459 e. The number of aryl methyl sites for hydroxylation is 1. The number of nitrogens with zero attached hydrogens (tertiary/aromatic N) is 4. The number of fused-ring (bicyclic) bond motifs is 2. The maximum absolute atomic E-state index is 14.0. The lowest BCUT2D eigenvalue weighted by Crippen LogP contribution is -2.57. The highest BCUT2D eigenvalue weighted by Gasteiger charge is 2.64. The van der Waals surface area contributed by atoms with Crippen molar-refractivity contribution in [1.82, 2.24) is 24.9 Å². The van der Waals surface area contributed by atoms with Gasteiger partial charge in [-0.2, -0.15) is 45.3 Å². The van der Waals surface area contributed by atoms with E-state index in [-0.39, 0.29) is 22.4 Å². The van der Waals surface area contributed by atoms with Gasteiger partial charge in [-0.3, -0.25) is 4.79 Å². The molecule has 1 N–H and O–H groups in total. The second kappa shape index (κ2) is 8.33. The van der Waals surface area contributed by atoms with Gasteiger partial charge in [0.25, 0.3) is 0 Å². The molecule has 1 fully saturated rings. The summed E-state index contributed by atoms with van der Waals surface area (Å²) < 4.78 is 115. The highest BCUT2D eigenvalue weighted by Crippen LogP contribution is 2.50. The van der Waals surface area contributed by atoms with E-state index in [1.54, 1.807) is 25.1 Å². The summed E-state index contributed by atoms with van der Waals surface area (Å²) in [6.07, 6.45) is -10.2. The van der Waals surface area contributed by atoms with Crippen LogP contribution in [0.3, 0.4) is 0 Å². The van der Waals surface area contributed by atoms with Gasteiger partial charge in [0.05, 0.1) is 6.20 Å². The van der Waals surface area contributed by atoms with Crippen LogP contribution >= 0.6 is 0 Å². The third-order valence-corrected chi connectivity index (χ3v) is 6.72. The Morgan fingerprint density at radius 2 is 1.82 bits per heavy atom. The summed E-state index contributed by atoms with van der Waals surface area (Å²) in [6.45, 7) is 2.59. The number of ketones is 1. The largest absolute Gasteiger partial charge is 0.459 e. The van der Waals surface area contributed by atoms with Gasteiger partial charge >= 0.3 is 18.3 Å². The quantitative estimate of drug-likeness (QED) is 0.464. The number of hydrogen-bond acceptors (Lipinski definition) is 5. The third-order valence-electron chi connectivity index (χ3n) is 6.72. The number of carbonyl (C=O) groups is 1. The molecule has 0 saturated carbocycles. The number of Topliss-reactive ketones (excluding diaryl/α,β-unsaturated/α-hetero) is 1. The lowest BCUT2D eigenvalue weighted by molar-refractivity contribution is -0.292. The van der Waals surface area contributed by atoms with Crippen LogP contribution in [0.1, 0.15) is 41.8 Å². The molecule has 1 spiro atoms. The van der Waals surface area contributed by atoms with Crippen molar-refractivity contribution in [3.63, 3.8) is 0 Å². The summed E-state index contributed by atoms with van der Waals surface area (Å²) in [4.78, 5) is 12.4. The number of ether oxygens (including phenoxy) is 1. The van der Waals surface area contributed by atoms with Crippen molar-refractivity contribution in [2.24, 2.45) is 7.05 Å². The van der Waals surface area contributed by atoms with E-state index in [0.29, 0.717) is 28.9 Å². The highest BCUT2D eigenvalue weighted by atomic mass is 19.4. The zero-order valence-electron chi connectivity index (χ0n) is 19.7. The molecule has 4 heterocycles. The topological polar surface area (TPSA) is 74.0 Å². The fourth-order valence-electron chi connectivity index (χ4n) is 4.74. The molecular weight excluding hydrogens is 530 g/mol. The minimum absolute atomic E-state index is 0.113. The second-order valence-electron chi connectivity index (χ2n) is 9.13. The van der Waals surface area contributed by atoms with Gasteiger partial charge in [0, 0.05) is 38.3 Å². The zero-order valence-corrected chi connectivity index (χ0v) is 19.7. The van der Waals surface area contributed by atoms with Crippen molar-refractivity contribution >= 4 is 5.78 Å². The molecule has 0 aliphatic carbocycles. The second-order valence-corrected chi connectivity index (χ2v) is 9.13. The van der Waals surface area contributed by atoms with E-state index in [0.717, 1.165) is 25.0 Å². The summed E-state index contributed by atoms with van der Waals surface area (Å²) in [5.41, 5.74) is -3.37. The Morgan fingerprint density at radius 3 is 2.37 bits per heavy atom. The van der Waals surface area contributed by atoms with Crippen LogP contribution in [0.15, 0.2) is 30.6 Å². The van der Waals surface area contributed by atoms with E-state index in [1.807, 2.05) is 0 Å². The Hall–Kier alpha value is -3.33. The van der Waals surface area contributed by atoms with Crippen LogP contribution in [0.2, 0.25) is 0 Å². The van der Waals surface area contributed by atoms with Gasteiger partial charge in [-0.25, -0.2) is 9.36 Å². The van der Waals surface area contributed by atoms with Crippen molar-refractivity contribution in [1.29, 1.82) is 0 Å². The number of carbonyl (C=O) groups excluding carboxylic acids is 1. The first kappa shape index (κ1) is 26.3. The monoisotopic (exact) mass is 549 g/mol. The van der Waals surface area contributed by atoms with Crippen LogP contribution in [0, 0.1) is 0 Å². The van der Waals surface area contributed by atoms with Gasteiger partial charge in [0.2, 0.25) is 0 Å². The van der Waals surface area contributed by atoms with Crippen LogP contribution in [-0.2, 0) is 34.3 Å². The lowest BCUT2D eigenvalue weighted by Gasteiger charge is -2.39. The zero-order chi connectivity index (χ0) is 27.8. The molecule has 38 heavy (non-hydrogen) atoms. The van der Waals surface area contributed by atoms with E-state index < -0.39 is 47.1 Å². The minimum Gasteiger partial charge on any atom is -0.352 e. The summed E-state index contributed by atoms with van der Waals surface area (Å²) in [5.74, 6) is -7.08. The van der Waals surface area contributed by atoms with Crippen molar-refractivity contribution in [2.75, 3.05) is 13.1 Å². The van der Waals surface area contributed by atoms with Crippen molar-refractivity contribution < 1.29 is 44.7 Å². The molecule has 2 aliphatic heterocycles. The molecule has 0 amide bonds. The molecule has 204 valence electrons. The number of nitrogens with one attached hydrogen (secondary N) is 1. The first-order chi connectivity index (χ1) is 17.6. The Kier molecular flexibility index (Phi) is 5.76. The fraction of sp³-hybridized carbons (Fsp3) is 0.435. The smallest absolute Gasteiger partial charge is 0.352 e. The fourth-order valence-corrected chi connectivity index (χ4v) is 4.74. The van der Waals surface area contributed by atoms with Crippen LogP contribution in [0.25, 0.3) is 16.9 Å². The molecule has 5 rings (SSSR count). The van der Waals surface area contributed by atoms with Gasteiger partial charge in [-0.15, -0.1) is 0 Å². The summed E-state index contributed by atoms with van der Waals surface area (Å²) in [5, 5.41) is 9.80. The number of rotatable bonds is 5. The molecule has 2 aliphatic rings. The Morgan fingerprint density at radius 1 is 1.13 bits per heavy atom. The van der Waals surface area contributed by atoms with Crippen LogP contribution in [0.4, 0.5) is 35.1 Å². The van der Waals surface area contributed by atoms with Gasteiger partial charge in [-0.05, 0) is 22.8 Å². The molecule has 15 heteroatoms. The van der Waals surface area contributed by atoms with E-state index in [9.17, 15) is 39.9 Å². The number of hydrogen-bond donors (Lipinski definition) is 1. The number of alkyl halides is 8. The highest BCUT2D eigenvalue weighted by molar-refractivity contribution is 5.86. The Bertz CT molecular complexity index is 1420. The molecule has 2 aromatic heterocycles. The average Bonchev–Trinajstić information content (AvgIpc) is 3.50. The van der Waals surface area contributed by atoms with E-state index in [4.69, 9.17) is 4.74 Å². The van der Waals surface area contributed by atoms with Crippen molar-refractivity contribution in [2.45, 2.75) is 43.3 Å². The first-order valence-electron chi connectivity index (χ1n) is 11.3. The summed E-state index contributed by atoms with van der Waals surface area (Å²) in [6, 6.07) is 4.97. The molecule has 7 nitrogen and oxygen atoms in total. The maximum atomic E-state index is 14.0. The normalized spacial score (nSPS) is 19.1. The van der Waals surface area contributed by atoms with Gasteiger partial charge in [-0.1, -0.05) is 19.1 Å². The van der Waals surface area contributed by atoms with Crippen LogP contribution in [-0.4, -0.2) is 44.6 Å². The number of halogens is 8. The van der Waals surface area contributed by atoms with E-state index in [1.165, 1.54) is 0 Å². The Balaban J connectivity index is 1.59. The van der Waals surface area contributed by atoms with Crippen molar-refractivity contribution in [3.8, 4) is 16.9 Å². The van der Waals surface area contributed by atoms with E-state index >= 15 is 0 Å². The molecule has 1 atom stereocenters. The summed E-state index contributed by atoms with van der Waals surface area (Å²) >= 11 is 0. The first-order valence-corrected chi connectivity index (χ1v) is 11.3. The molecule has 1 saturated heterocycles. The predicted octanol–water partition coefficient (Wildman–Crippen LogP) is 4.79. The third kappa shape index (κ3) is 3.82. The molecule has 1 aromatic carbocycles. The van der Waals surface area contributed by atoms with Crippen LogP contribution < -0.4 is 5.32 Å². The van der Waals surface area contributed by atoms with Gasteiger partial charge < -0.3 is 10.1 Å². The number of aromatic nitrogens is 4. The average molecular weight is 549 g/mol. The molecular formula is C23H19F8N5O2.